The largest absolute Gasteiger partial charge is 0.480 e. The third kappa shape index (κ3) is 5.47. The van der Waals surface area contributed by atoms with E-state index in [9.17, 15) is 14.4 Å². The summed E-state index contributed by atoms with van der Waals surface area (Å²) >= 11 is 0. The monoisotopic (exact) mass is 423 g/mol. The van der Waals surface area contributed by atoms with E-state index in [-0.39, 0.29) is 24.7 Å². The lowest BCUT2D eigenvalue weighted by atomic mass is 10.2. The van der Waals surface area contributed by atoms with Crippen molar-refractivity contribution in [3.05, 3.63) is 72.1 Å². The molecule has 0 saturated heterocycles. The molecule has 1 aromatic heterocycles. The Hall–Kier alpha value is -4.14. The normalized spacial score (nSPS) is 10.3. The highest BCUT2D eigenvalue weighted by atomic mass is 16.5. The van der Waals surface area contributed by atoms with E-state index in [1.165, 1.54) is 30.1 Å². The van der Waals surface area contributed by atoms with Crippen LogP contribution in [0.4, 0.5) is 5.69 Å². The minimum Gasteiger partial charge on any atom is -0.480 e. The number of para-hydroxylation sites is 1. The lowest BCUT2D eigenvalue weighted by molar-refractivity contribution is -0.118. The maximum Gasteiger partial charge on any atom is 0.362 e. The van der Waals surface area contributed by atoms with Crippen molar-refractivity contribution in [3.8, 4) is 11.4 Å². The number of benzene rings is 2. The average molecular weight is 423 g/mol. The second-order valence-electron chi connectivity index (χ2n) is 6.25. The van der Waals surface area contributed by atoms with Crippen molar-refractivity contribution in [3.63, 3.8) is 0 Å². The number of nitrogens with zero attached hydrogens (tertiary/aromatic N) is 2. The molecule has 2 aromatic carbocycles. The van der Waals surface area contributed by atoms with Crippen LogP contribution in [0.1, 0.15) is 27.8 Å². The number of carbonyl (C=O) groups is 3. The van der Waals surface area contributed by atoms with Gasteiger partial charge in [0, 0.05) is 5.69 Å². The standard InChI is InChI=1S/C22H21N3O6/c1-3-30-22(28)20-18(13-25(24-20)17-7-5-4-6-8-17)31-14-19(26)23-16-11-9-15(10-12-16)21(27)29-2/h4-13H,3,14H2,1-2H3,(H,23,26). The van der Waals surface area contributed by atoms with Crippen LogP contribution >= 0.6 is 0 Å². The molecular weight excluding hydrogens is 402 g/mol. The summed E-state index contributed by atoms with van der Waals surface area (Å²) in [6.45, 7) is 1.51. The van der Waals surface area contributed by atoms with E-state index >= 15 is 0 Å². The van der Waals surface area contributed by atoms with Gasteiger partial charge in [-0.3, -0.25) is 4.79 Å². The minimum absolute atomic E-state index is 0.0269. The van der Waals surface area contributed by atoms with E-state index in [0.717, 1.165) is 5.69 Å². The van der Waals surface area contributed by atoms with E-state index in [1.54, 1.807) is 19.1 Å². The molecule has 0 fully saturated rings. The van der Waals surface area contributed by atoms with Crippen LogP contribution in [0.5, 0.6) is 5.75 Å². The Bertz CT molecular complexity index is 1060. The highest BCUT2D eigenvalue weighted by Gasteiger charge is 2.21. The number of rotatable bonds is 8. The molecule has 0 saturated carbocycles. The molecule has 160 valence electrons. The molecule has 1 amide bonds. The Balaban J connectivity index is 1.69. The van der Waals surface area contributed by atoms with Crippen molar-refractivity contribution in [1.82, 2.24) is 9.78 Å². The Labute approximate surface area is 178 Å². The highest BCUT2D eigenvalue weighted by Crippen LogP contribution is 2.21. The predicted molar refractivity (Wildman–Crippen MR) is 111 cm³/mol. The number of hydrogen-bond donors (Lipinski definition) is 1. The molecule has 0 aliphatic carbocycles. The Morgan fingerprint density at radius 1 is 1.00 bits per heavy atom. The third-order valence-electron chi connectivity index (χ3n) is 4.12. The van der Waals surface area contributed by atoms with Gasteiger partial charge < -0.3 is 19.5 Å². The van der Waals surface area contributed by atoms with Gasteiger partial charge in [0.15, 0.2) is 12.4 Å². The molecule has 3 aromatic rings. The average Bonchev–Trinajstić information content (AvgIpc) is 3.23. The topological polar surface area (TPSA) is 109 Å². The molecule has 0 spiro atoms. The number of methoxy groups -OCH3 is 1. The van der Waals surface area contributed by atoms with Crippen LogP contribution in [0.25, 0.3) is 5.69 Å². The lowest BCUT2D eigenvalue weighted by Gasteiger charge is -2.08. The Morgan fingerprint density at radius 3 is 2.35 bits per heavy atom. The summed E-state index contributed by atoms with van der Waals surface area (Å²) in [7, 11) is 1.29. The van der Waals surface area contributed by atoms with Crippen LogP contribution in [0, 0.1) is 0 Å². The molecule has 0 radical (unpaired) electrons. The molecule has 9 heteroatoms. The van der Waals surface area contributed by atoms with E-state index in [4.69, 9.17) is 9.47 Å². The number of anilines is 1. The summed E-state index contributed by atoms with van der Waals surface area (Å²) in [5, 5.41) is 6.89. The molecule has 1 heterocycles. The predicted octanol–water partition coefficient (Wildman–Crippen LogP) is 2.85. The van der Waals surface area contributed by atoms with Crippen molar-refractivity contribution in [2.45, 2.75) is 6.92 Å². The fourth-order valence-corrected chi connectivity index (χ4v) is 2.67. The number of hydrogen-bond acceptors (Lipinski definition) is 7. The summed E-state index contributed by atoms with van der Waals surface area (Å²) in [5.74, 6) is -1.44. The number of esters is 2. The molecule has 31 heavy (non-hydrogen) atoms. The molecule has 3 rings (SSSR count). The Kier molecular flexibility index (Phi) is 7.00. The van der Waals surface area contributed by atoms with Crippen LogP contribution in [0.15, 0.2) is 60.8 Å². The minimum atomic E-state index is -0.647. The molecule has 9 nitrogen and oxygen atoms in total. The number of amides is 1. The molecule has 0 unspecified atom stereocenters. The molecular formula is C22H21N3O6. The molecule has 0 aliphatic heterocycles. The summed E-state index contributed by atoms with van der Waals surface area (Å²) in [6.07, 6.45) is 1.51. The fourth-order valence-electron chi connectivity index (χ4n) is 2.67. The van der Waals surface area contributed by atoms with Crippen LogP contribution in [-0.2, 0) is 14.3 Å². The van der Waals surface area contributed by atoms with E-state index < -0.39 is 17.8 Å². The van der Waals surface area contributed by atoms with Crippen molar-refractivity contribution < 1.29 is 28.6 Å². The number of carbonyl (C=O) groups excluding carboxylic acids is 3. The zero-order chi connectivity index (χ0) is 22.2. The summed E-state index contributed by atoms with van der Waals surface area (Å²) in [4.78, 5) is 36.0. The van der Waals surface area contributed by atoms with Crippen molar-refractivity contribution in [2.75, 3.05) is 25.6 Å². The highest BCUT2D eigenvalue weighted by molar-refractivity contribution is 5.94. The van der Waals surface area contributed by atoms with Crippen LogP contribution in [0.2, 0.25) is 0 Å². The zero-order valence-corrected chi connectivity index (χ0v) is 17.0. The van der Waals surface area contributed by atoms with E-state index in [0.29, 0.717) is 11.3 Å². The summed E-state index contributed by atoms with van der Waals surface area (Å²) in [5.41, 5.74) is 1.54. The number of ether oxygens (including phenoxy) is 3. The van der Waals surface area contributed by atoms with E-state index in [2.05, 4.69) is 15.2 Å². The van der Waals surface area contributed by atoms with Crippen LogP contribution in [-0.4, -0.2) is 47.9 Å². The summed E-state index contributed by atoms with van der Waals surface area (Å²) in [6, 6.07) is 15.4. The van der Waals surface area contributed by atoms with Gasteiger partial charge >= 0.3 is 11.9 Å². The third-order valence-corrected chi connectivity index (χ3v) is 4.12. The van der Waals surface area contributed by atoms with Gasteiger partial charge in [-0.05, 0) is 43.3 Å². The van der Waals surface area contributed by atoms with E-state index in [1.807, 2.05) is 30.3 Å². The molecule has 1 N–H and O–H groups in total. The first-order valence-electron chi connectivity index (χ1n) is 9.45. The van der Waals surface area contributed by atoms with Gasteiger partial charge in [0.05, 0.1) is 31.2 Å². The first-order chi connectivity index (χ1) is 15.0. The van der Waals surface area contributed by atoms with Gasteiger partial charge in [0.25, 0.3) is 5.91 Å². The Morgan fingerprint density at radius 2 is 1.71 bits per heavy atom. The second-order valence-corrected chi connectivity index (χ2v) is 6.25. The van der Waals surface area contributed by atoms with Gasteiger partial charge in [0.2, 0.25) is 5.69 Å². The van der Waals surface area contributed by atoms with Crippen molar-refractivity contribution in [2.24, 2.45) is 0 Å². The first kappa shape index (κ1) is 21.6. The number of nitrogens with one attached hydrogen (secondary N) is 1. The lowest BCUT2D eigenvalue weighted by Crippen LogP contribution is -2.21. The summed E-state index contributed by atoms with van der Waals surface area (Å²) < 4.78 is 16.7. The maximum atomic E-state index is 12.3. The van der Waals surface area contributed by atoms with Gasteiger partial charge in [-0.25, -0.2) is 14.3 Å². The maximum absolute atomic E-state index is 12.3. The second kappa shape index (κ2) is 10.1. The zero-order valence-electron chi connectivity index (χ0n) is 17.0. The van der Waals surface area contributed by atoms with Gasteiger partial charge in [-0.2, -0.15) is 5.10 Å². The number of aromatic nitrogens is 2. The SMILES string of the molecule is CCOC(=O)c1nn(-c2ccccc2)cc1OCC(=O)Nc1ccc(C(=O)OC)cc1. The molecule has 0 bridgehead atoms. The fraction of sp³-hybridized carbons (Fsp3) is 0.182. The van der Waals surface area contributed by atoms with Gasteiger partial charge in [0.1, 0.15) is 0 Å². The van der Waals surface area contributed by atoms with Gasteiger partial charge in [-0.1, -0.05) is 18.2 Å². The molecule has 0 aliphatic rings. The van der Waals surface area contributed by atoms with Crippen LogP contribution in [0.3, 0.4) is 0 Å². The van der Waals surface area contributed by atoms with Crippen LogP contribution < -0.4 is 10.1 Å². The van der Waals surface area contributed by atoms with Crippen molar-refractivity contribution in [1.29, 1.82) is 0 Å². The smallest absolute Gasteiger partial charge is 0.362 e. The quantitative estimate of drug-likeness (QED) is 0.555. The van der Waals surface area contributed by atoms with Gasteiger partial charge in [-0.15, -0.1) is 0 Å². The first-order valence-corrected chi connectivity index (χ1v) is 9.45. The molecule has 0 atom stereocenters. The van der Waals surface area contributed by atoms with Crippen molar-refractivity contribution >= 4 is 23.5 Å².